The number of aryl methyl sites for hydroxylation is 1. The van der Waals surface area contributed by atoms with Crippen LogP contribution in [0.5, 0.6) is 0 Å². The molecule has 0 saturated heterocycles. The Labute approximate surface area is 110 Å². The third-order valence-electron chi connectivity index (χ3n) is 2.62. The summed E-state index contributed by atoms with van der Waals surface area (Å²) in [5.41, 5.74) is 3.02. The molecule has 0 bridgehead atoms. The highest BCUT2D eigenvalue weighted by Crippen LogP contribution is 2.25. The molecule has 2 N–H and O–H groups in total. The topological polar surface area (TPSA) is 32.3 Å². The number of nitrogens with one attached hydrogen (secondary N) is 1. The molecule has 1 aromatic carbocycles. The lowest BCUT2D eigenvalue weighted by atomic mass is 10.2. The molecule has 0 aliphatic rings. The van der Waals surface area contributed by atoms with Crippen molar-refractivity contribution < 1.29 is 5.11 Å². The average molecular weight is 268 g/mol. The molecule has 0 spiro atoms. The van der Waals surface area contributed by atoms with E-state index in [1.54, 1.807) is 17.4 Å². The van der Waals surface area contributed by atoms with Crippen LogP contribution in [0, 0.1) is 6.92 Å². The molecule has 17 heavy (non-hydrogen) atoms. The molecule has 90 valence electrons. The first-order valence-corrected chi connectivity index (χ1v) is 6.62. The fourth-order valence-corrected chi connectivity index (χ4v) is 2.60. The van der Waals surface area contributed by atoms with Crippen LogP contribution in [-0.2, 0) is 13.2 Å². The van der Waals surface area contributed by atoms with Gasteiger partial charge in [0.05, 0.1) is 17.3 Å². The van der Waals surface area contributed by atoms with Gasteiger partial charge in [0.25, 0.3) is 0 Å². The highest BCUT2D eigenvalue weighted by atomic mass is 35.5. The van der Waals surface area contributed by atoms with Crippen LogP contribution in [0.2, 0.25) is 5.02 Å². The number of aliphatic hydroxyl groups is 1. The third-order valence-corrected chi connectivity index (χ3v) is 3.97. The van der Waals surface area contributed by atoms with Crippen molar-refractivity contribution in [1.82, 2.24) is 0 Å². The maximum atomic E-state index is 9.08. The van der Waals surface area contributed by atoms with Crippen LogP contribution >= 0.6 is 22.9 Å². The summed E-state index contributed by atoms with van der Waals surface area (Å²) in [6, 6.07) is 7.61. The third kappa shape index (κ3) is 3.00. The SMILES string of the molecule is Cc1ccsc1CNc1cc(CO)ccc1Cl. The molecular weight excluding hydrogens is 254 g/mol. The standard InChI is InChI=1S/C13H14ClNOS/c1-9-4-5-17-13(9)7-15-12-6-10(8-16)2-3-11(12)14/h2-6,15-16H,7-8H2,1H3. The van der Waals surface area contributed by atoms with Gasteiger partial charge in [0.15, 0.2) is 0 Å². The smallest absolute Gasteiger partial charge is 0.0682 e. The van der Waals surface area contributed by atoms with Gasteiger partial charge in [0, 0.05) is 11.4 Å². The highest BCUT2D eigenvalue weighted by molar-refractivity contribution is 7.10. The Bertz CT molecular complexity index is 510. The summed E-state index contributed by atoms with van der Waals surface area (Å²) in [6.45, 7) is 2.89. The lowest BCUT2D eigenvalue weighted by Crippen LogP contribution is -2.00. The largest absolute Gasteiger partial charge is 0.392 e. The Kier molecular flexibility index (Phi) is 4.05. The summed E-state index contributed by atoms with van der Waals surface area (Å²) in [5.74, 6) is 0. The van der Waals surface area contributed by atoms with Crippen molar-refractivity contribution in [2.75, 3.05) is 5.32 Å². The molecule has 0 aliphatic heterocycles. The van der Waals surface area contributed by atoms with Crippen molar-refractivity contribution in [3.8, 4) is 0 Å². The second-order valence-electron chi connectivity index (χ2n) is 3.85. The van der Waals surface area contributed by atoms with E-state index < -0.39 is 0 Å². The predicted octanol–water partition coefficient (Wildman–Crippen LogP) is 3.81. The maximum absolute atomic E-state index is 9.08. The van der Waals surface area contributed by atoms with Crippen LogP contribution in [-0.4, -0.2) is 5.11 Å². The number of benzene rings is 1. The molecule has 2 rings (SSSR count). The molecule has 0 amide bonds. The fourth-order valence-electron chi connectivity index (χ4n) is 1.57. The van der Waals surface area contributed by atoms with Crippen LogP contribution in [0.1, 0.15) is 16.0 Å². The zero-order valence-corrected chi connectivity index (χ0v) is 11.1. The number of thiophene rings is 1. The first kappa shape index (κ1) is 12.4. The molecule has 2 nitrogen and oxygen atoms in total. The quantitative estimate of drug-likeness (QED) is 0.883. The minimum atomic E-state index is 0.0316. The van der Waals surface area contributed by atoms with Crippen molar-refractivity contribution in [3.05, 3.63) is 50.7 Å². The molecule has 4 heteroatoms. The van der Waals surface area contributed by atoms with Gasteiger partial charge in [0.1, 0.15) is 0 Å². The molecule has 1 aromatic heterocycles. The average Bonchev–Trinajstić information content (AvgIpc) is 2.74. The zero-order valence-electron chi connectivity index (χ0n) is 9.53. The Hall–Kier alpha value is -1.03. The molecule has 0 unspecified atom stereocenters. The minimum Gasteiger partial charge on any atom is -0.392 e. The lowest BCUT2D eigenvalue weighted by molar-refractivity contribution is 0.282. The number of rotatable bonds is 4. The summed E-state index contributed by atoms with van der Waals surface area (Å²) < 4.78 is 0. The van der Waals surface area contributed by atoms with Gasteiger partial charge in [-0.3, -0.25) is 0 Å². The molecule has 2 aromatic rings. The van der Waals surface area contributed by atoms with Crippen molar-refractivity contribution in [3.63, 3.8) is 0 Å². The molecule has 0 aliphatic carbocycles. The Morgan fingerprint density at radius 3 is 2.82 bits per heavy atom. The van der Waals surface area contributed by atoms with E-state index in [4.69, 9.17) is 16.7 Å². The van der Waals surface area contributed by atoms with Crippen LogP contribution in [0.15, 0.2) is 29.6 Å². The van der Waals surface area contributed by atoms with Gasteiger partial charge in [-0.05, 0) is 41.6 Å². The first-order valence-electron chi connectivity index (χ1n) is 5.37. The molecule has 0 saturated carbocycles. The van der Waals surface area contributed by atoms with Crippen LogP contribution < -0.4 is 5.32 Å². The fraction of sp³-hybridized carbons (Fsp3) is 0.231. The highest BCUT2D eigenvalue weighted by Gasteiger charge is 2.03. The second-order valence-corrected chi connectivity index (χ2v) is 5.26. The summed E-state index contributed by atoms with van der Waals surface area (Å²) in [5, 5.41) is 15.1. The summed E-state index contributed by atoms with van der Waals surface area (Å²) in [4.78, 5) is 1.30. The van der Waals surface area contributed by atoms with E-state index in [-0.39, 0.29) is 6.61 Å². The number of hydrogen-bond acceptors (Lipinski definition) is 3. The van der Waals surface area contributed by atoms with E-state index in [1.165, 1.54) is 10.4 Å². The minimum absolute atomic E-state index is 0.0316. The Balaban J connectivity index is 2.11. The molecule has 0 radical (unpaired) electrons. The number of halogens is 1. The molecule has 0 fully saturated rings. The van der Waals surface area contributed by atoms with Gasteiger partial charge >= 0.3 is 0 Å². The van der Waals surface area contributed by atoms with Crippen molar-refractivity contribution in [1.29, 1.82) is 0 Å². The number of aliphatic hydroxyl groups excluding tert-OH is 1. The van der Waals surface area contributed by atoms with E-state index >= 15 is 0 Å². The van der Waals surface area contributed by atoms with Gasteiger partial charge in [-0.1, -0.05) is 17.7 Å². The summed E-state index contributed by atoms with van der Waals surface area (Å²) in [6.07, 6.45) is 0. The lowest BCUT2D eigenvalue weighted by Gasteiger charge is -2.09. The summed E-state index contributed by atoms with van der Waals surface area (Å²) >= 11 is 7.82. The predicted molar refractivity (Wildman–Crippen MR) is 73.8 cm³/mol. The van der Waals surface area contributed by atoms with E-state index in [2.05, 4.69) is 23.7 Å². The molecule has 0 atom stereocenters. The monoisotopic (exact) mass is 267 g/mol. The van der Waals surface area contributed by atoms with Gasteiger partial charge < -0.3 is 10.4 Å². The Morgan fingerprint density at radius 1 is 1.35 bits per heavy atom. The van der Waals surface area contributed by atoms with Crippen LogP contribution in [0.4, 0.5) is 5.69 Å². The normalized spacial score (nSPS) is 10.5. The van der Waals surface area contributed by atoms with Crippen LogP contribution in [0.25, 0.3) is 0 Å². The van der Waals surface area contributed by atoms with Gasteiger partial charge in [0.2, 0.25) is 0 Å². The van der Waals surface area contributed by atoms with Crippen molar-refractivity contribution >= 4 is 28.6 Å². The van der Waals surface area contributed by atoms with E-state index in [0.29, 0.717) is 5.02 Å². The Morgan fingerprint density at radius 2 is 2.18 bits per heavy atom. The molecule has 1 heterocycles. The van der Waals surface area contributed by atoms with Crippen molar-refractivity contribution in [2.45, 2.75) is 20.1 Å². The van der Waals surface area contributed by atoms with Gasteiger partial charge in [-0.15, -0.1) is 11.3 Å². The molecular formula is C13H14ClNOS. The zero-order chi connectivity index (χ0) is 12.3. The van der Waals surface area contributed by atoms with E-state index in [9.17, 15) is 0 Å². The second kappa shape index (κ2) is 5.54. The van der Waals surface area contributed by atoms with Crippen LogP contribution in [0.3, 0.4) is 0 Å². The van der Waals surface area contributed by atoms with Crippen molar-refractivity contribution in [2.24, 2.45) is 0 Å². The van der Waals surface area contributed by atoms with E-state index in [0.717, 1.165) is 17.8 Å². The first-order chi connectivity index (χ1) is 8.20. The van der Waals surface area contributed by atoms with E-state index in [1.807, 2.05) is 12.1 Å². The van der Waals surface area contributed by atoms with Gasteiger partial charge in [-0.2, -0.15) is 0 Å². The number of hydrogen-bond donors (Lipinski definition) is 2. The van der Waals surface area contributed by atoms with Gasteiger partial charge in [-0.25, -0.2) is 0 Å². The maximum Gasteiger partial charge on any atom is 0.0682 e. The summed E-state index contributed by atoms with van der Waals surface area (Å²) in [7, 11) is 0. The number of anilines is 1.